The monoisotopic (exact) mass is 337 g/mol. The number of amides is 2. The quantitative estimate of drug-likeness (QED) is 0.763. The molecule has 3 aromatic rings. The first-order valence-electron chi connectivity index (χ1n) is 8.25. The zero-order chi connectivity index (χ0) is 17.2. The van der Waals surface area contributed by atoms with Crippen molar-refractivity contribution >= 4 is 22.6 Å². The Morgan fingerprint density at radius 2 is 2.00 bits per heavy atom. The second-order valence-corrected chi connectivity index (χ2v) is 5.87. The molecule has 128 valence electrons. The smallest absolute Gasteiger partial charge is 0.319 e. The summed E-state index contributed by atoms with van der Waals surface area (Å²) in [5.41, 5.74) is 2.83. The van der Waals surface area contributed by atoms with Crippen LogP contribution in [-0.2, 0) is 13.1 Å². The molecule has 0 radical (unpaired) electrons. The predicted octanol–water partition coefficient (Wildman–Crippen LogP) is 3.71. The summed E-state index contributed by atoms with van der Waals surface area (Å²) in [5, 5.41) is 6.89. The standard InChI is InChI=1S/C19H19N3O3/c1-2-22-8-7-14-4-5-15(10-16(14)22)21-19(23)20-11-13-3-6-17-18(9-13)25-12-24-17/h3-10H,2,11-12H2,1H3,(H2,20,21,23). The third-order valence-electron chi connectivity index (χ3n) is 4.26. The molecule has 4 rings (SSSR count). The lowest BCUT2D eigenvalue weighted by molar-refractivity contribution is 0.174. The molecule has 1 aliphatic rings. The number of carbonyl (C=O) groups excluding carboxylic acids is 1. The van der Waals surface area contributed by atoms with Gasteiger partial charge in [0, 0.05) is 25.0 Å². The number of hydrogen-bond acceptors (Lipinski definition) is 3. The van der Waals surface area contributed by atoms with Crippen LogP contribution in [-0.4, -0.2) is 17.4 Å². The molecular weight excluding hydrogens is 318 g/mol. The van der Waals surface area contributed by atoms with Crippen molar-refractivity contribution in [3.05, 3.63) is 54.2 Å². The van der Waals surface area contributed by atoms with E-state index in [9.17, 15) is 4.79 Å². The number of carbonyl (C=O) groups is 1. The van der Waals surface area contributed by atoms with Gasteiger partial charge >= 0.3 is 6.03 Å². The van der Waals surface area contributed by atoms with Gasteiger partial charge in [-0.1, -0.05) is 12.1 Å². The summed E-state index contributed by atoms with van der Waals surface area (Å²) in [6.07, 6.45) is 2.05. The van der Waals surface area contributed by atoms with Gasteiger partial charge in [-0.05, 0) is 48.2 Å². The number of ether oxygens (including phenoxy) is 2. The van der Waals surface area contributed by atoms with Gasteiger partial charge in [-0.2, -0.15) is 0 Å². The number of aromatic nitrogens is 1. The van der Waals surface area contributed by atoms with Crippen molar-refractivity contribution in [2.45, 2.75) is 20.0 Å². The number of rotatable bonds is 4. The molecule has 0 atom stereocenters. The Morgan fingerprint density at radius 3 is 2.88 bits per heavy atom. The lowest BCUT2D eigenvalue weighted by atomic mass is 10.2. The SMILES string of the molecule is CCn1ccc2ccc(NC(=O)NCc3ccc4c(c3)OCO4)cc21. The maximum Gasteiger partial charge on any atom is 0.319 e. The van der Waals surface area contributed by atoms with Gasteiger partial charge in [0.1, 0.15) is 0 Å². The van der Waals surface area contributed by atoms with Crippen LogP contribution in [0.1, 0.15) is 12.5 Å². The first kappa shape index (κ1) is 15.4. The molecular formula is C19H19N3O3. The lowest BCUT2D eigenvalue weighted by Crippen LogP contribution is -2.28. The summed E-state index contributed by atoms with van der Waals surface area (Å²) in [5.74, 6) is 1.45. The van der Waals surface area contributed by atoms with Gasteiger partial charge in [-0.25, -0.2) is 4.79 Å². The minimum Gasteiger partial charge on any atom is -0.454 e. The molecule has 2 N–H and O–H groups in total. The number of hydrogen-bond donors (Lipinski definition) is 2. The lowest BCUT2D eigenvalue weighted by Gasteiger charge is -2.09. The van der Waals surface area contributed by atoms with Gasteiger partial charge in [0.15, 0.2) is 11.5 Å². The van der Waals surface area contributed by atoms with E-state index in [-0.39, 0.29) is 12.8 Å². The summed E-state index contributed by atoms with van der Waals surface area (Å²) in [7, 11) is 0. The van der Waals surface area contributed by atoms with Crippen LogP contribution in [0, 0.1) is 0 Å². The van der Waals surface area contributed by atoms with Crippen molar-refractivity contribution in [1.29, 1.82) is 0 Å². The number of urea groups is 1. The Labute approximate surface area is 145 Å². The number of nitrogens with one attached hydrogen (secondary N) is 2. The molecule has 25 heavy (non-hydrogen) atoms. The summed E-state index contributed by atoms with van der Waals surface area (Å²) in [6.45, 7) is 3.64. The van der Waals surface area contributed by atoms with Crippen molar-refractivity contribution < 1.29 is 14.3 Å². The van der Waals surface area contributed by atoms with E-state index in [0.29, 0.717) is 12.3 Å². The van der Waals surface area contributed by atoms with E-state index in [1.807, 2.05) is 42.6 Å². The van der Waals surface area contributed by atoms with Crippen LogP contribution < -0.4 is 20.1 Å². The van der Waals surface area contributed by atoms with Gasteiger partial charge < -0.3 is 24.7 Å². The first-order chi connectivity index (χ1) is 12.2. The van der Waals surface area contributed by atoms with Gasteiger partial charge in [0.2, 0.25) is 6.79 Å². The fraction of sp³-hybridized carbons (Fsp3) is 0.211. The Kier molecular flexibility index (Phi) is 3.93. The topological polar surface area (TPSA) is 64.5 Å². The van der Waals surface area contributed by atoms with Gasteiger partial charge in [-0.3, -0.25) is 0 Å². The molecule has 0 saturated heterocycles. The van der Waals surface area contributed by atoms with Crippen LogP contribution in [0.15, 0.2) is 48.7 Å². The Morgan fingerprint density at radius 1 is 1.12 bits per heavy atom. The Hall–Kier alpha value is -3.15. The molecule has 2 heterocycles. The van der Waals surface area contributed by atoms with Gasteiger partial charge in [-0.15, -0.1) is 0 Å². The number of fused-ring (bicyclic) bond motifs is 2. The second-order valence-electron chi connectivity index (χ2n) is 5.87. The molecule has 2 amide bonds. The highest BCUT2D eigenvalue weighted by Gasteiger charge is 2.13. The number of aryl methyl sites for hydroxylation is 1. The largest absolute Gasteiger partial charge is 0.454 e. The number of nitrogens with zero attached hydrogens (tertiary/aromatic N) is 1. The average Bonchev–Trinajstić information content (AvgIpc) is 3.25. The van der Waals surface area contributed by atoms with Crippen LogP contribution >= 0.6 is 0 Å². The minimum absolute atomic E-state index is 0.244. The van der Waals surface area contributed by atoms with Crippen molar-refractivity contribution in [2.24, 2.45) is 0 Å². The summed E-state index contributed by atoms with van der Waals surface area (Å²) in [6, 6.07) is 13.4. The number of benzene rings is 2. The third kappa shape index (κ3) is 3.10. The molecule has 0 saturated carbocycles. The van der Waals surface area contributed by atoms with Crippen LogP contribution in [0.2, 0.25) is 0 Å². The van der Waals surface area contributed by atoms with E-state index < -0.39 is 0 Å². The van der Waals surface area contributed by atoms with Crippen molar-refractivity contribution in [1.82, 2.24) is 9.88 Å². The summed E-state index contributed by atoms with van der Waals surface area (Å²) >= 11 is 0. The van der Waals surface area contributed by atoms with E-state index >= 15 is 0 Å². The normalized spacial score (nSPS) is 12.4. The van der Waals surface area contributed by atoms with E-state index in [0.717, 1.165) is 34.4 Å². The molecule has 0 bridgehead atoms. The molecule has 1 aromatic heterocycles. The zero-order valence-electron chi connectivity index (χ0n) is 13.9. The minimum atomic E-state index is -0.244. The maximum absolute atomic E-state index is 12.2. The predicted molar refractivity (Wildman–Crippen MR) is 96.0 cm³/mol. The van der Waals surface area contributed by atoms with Gasteiger partial charge in [0.25, 0.3) is 0 Å². The number of anilines is 1. The van der Waals surface area contributed by atoms with Crippen molar-refractivity contribution in [2.75, 3.05) is 12.1 Å². The van der Waals surface area contributed by atoms with Gasteiger partial charge in [0.05, 0.1) is 5.52 Å². The van der Waals surface area contributed by atoms with E-state index in [1.165, 1.54) is 0 Å². The third-order valence-corrected chi connectivity index (χ3v) is 4.26. The average molecular weight is 337 g/mol. The van der Waals surface area contributed by atoms with E-state index in [4.69, 9.17) is 9.47 Å². The molecule has 0 unspecified atom stereocenters. The van der Waals surface area contributed by atoms with E-state index in [2.05, 4.69) is 28.2 Å². The molecule has 6 nitrogen and oxygen atoms in total. The highest BCUT2D eigenvalue weighted by atomic mass is 16.7. The van der Waals surface area contributed by atoms with Crippen molar-refractivity contribution in [3.8, 4) is 11.5 Å². The molecule has 6 heteroatoms. The highest BCUT2D eigenvalue weighted by molar-refractivity contribution is 5.92. The van der Waals surface area contributed by atoms with Crippen LogP contribution in [0.5, 0.6) is 11.5 Å². The second kappa shape index (κ2) is 6.39. The molecule has 0 fully saturated rings. The molecule has 0 aliphatic carbocycles. The molecule has 0 spiro atoms. The fourth-order valence-electron chi connectivity index (χ4n) is 2.95. The van der Waals surface area contributed by atoms with E-state index in [1.54, 1.807) is 0 Å². The van der Waals surface area contributed by atoms with Crippen LogP contribution in [0.25, 0.3) is 10.9 Å². The van der Waals surface area contributed by atoms with Crippen molar-refractivity contribution in [3.63, 3.8) is 0 Å². The van der Waals surface area contributed by atoms with Crippen LogP contribution in [0.3, 0.4) is 0 Å². The highest BCUT2D eigenvalue weighted by Crippen LogP contribution is 2.32. The Balaban J connectivity index is 1.40. The fourth-order valence-corrected chi connectivity index (χ4v) is 2.95. The van der Waals surface area contributed by atoms with Crippen LogP contribution in [0.4, 0.5) is 10.5 Å². The summed E-state index contributed by atoms with van der Waals surface area (Å²) < 4.78 is 12.8. The molecule has 1 aliphatic heterocycles. The zero-order valence-corrected chi connectivity index (χ0v) is 13.9. The maximum atomic E-state index is 12.2. The summed E-state index contributed by atoms with van der Waals surface area (Å²) in [4.78, 5) is 12.2. The molecule has 2 aromatic carbocycles. The Bertz CT molecular complexity index is 933. The first-order valence-corrected chi connectivity index (χ1v) is 8.25.